The van der Waals surface area contributed by atoms with Gasteiger partial charge in [-0.2, -0.15) is 0 Å². The van der Waals surface area contributed by atoms with Crippen molar-refractivity contribution in [1.29, 1.82) is 0 Å². The third-order valence-corrected chi connectivity index (χ3v) is 7.01. The number of imide groups is 1. The molecule has 0 spiro atoms. The molecule has 1 aliphatic heterocycles. The van der Waals surface area contributed by atoms with Gasteiger partial charge in [0.1, 0.15) is 5.75 Å². The van der Waals surface area contributed by atoms with Gasteiger partial charge in [-0.25, -0.2) is 4.79 Å². The molecular weight excluding hydrogens is 414 g/mol. The third-order valence-electron chi connectivity index (χ3n) is 7.01. The summed E-state index contributed by atoms with van der Waals surface area (Å²) in [5.41, 5.74) is 2.63. The van der Waals surface area contributed by atoms with Crippen molar-refractivity contribution in [3.05, 3.63) is 96.6 Å². The van der Waals surface area contributed by atoms with Gasteiger partial charge < -0.3 is 4.74 Å². The Morgan fingerprint density at radius 1 is 0.758 bits per heavy atom. The molecule has 33 heavy (non-hydrogen) atoms. The van der Waals surface area contributed by atoms with Crippen LogP contribution in [0.4, 0.5) is 5.69 Å². The van der Waals surface area contributed by atoms with Crippen molar-refractivity contribution >= 4 is 23.5 Å². The number of carbonyl (C=O) groups is 3. The number of hydrogen-bond acceptors (Lipinski definition) is 4. The Morgan fingerprint density at radius 2 is 1.36 bits per heavy atom. The van der Waals surface area contributed by atoms with Crippen LogP contribution in [0.2, 0.25) is 0 Å². The predicted molar refractivity (Wildman–Crippen MR) is 123 cm³/mol. The SMILES string of the molecule is O=C(Oc1ccccc1-c1ccccc1)c1ccc(N2C(=O)C3C4C=CC(C4)C3C2=O)cc1. The Hall–Kier alpha value is -3.99. The third kappa shape index (κ3) is 3.11. The molecule has 3 aliphatic rings. The largest absolute Gasteiger partial charge is 0.422 e. The van der Waals surface area contributed by atoms with E-state index in [1.807, 2.05) is 48.5 Å². The standard InChI is InChI=1S/C28H21NO4/c30-26-24-19-10-11-20(16-19)25(24)27(31)29(26)21-14-12-18(13-15-21)28(32)33-23-9-5-4-8-22(23)17-6-2-1-3-7-17/h1-15,19-20,24-25H,16H2. The Balaban J connectivity index is 1.22. The van der Waals surface area contributed by atoms with Gasteiger partial charge in [-0.15, -0.1) is 0 Å². The molecule has 2 amide bonds. The minimum atomic E-state index is -0.497. The number of rotatable bonds is 4. The minimum Gasteiger partial charge on any atom is -0.422 e. The first-order valence-corrected chi connectivity index (χ1v) is 11.1. The van der Waals surface area contributed by atoms with Crippen LogP contribution in [0.15, 0.2) is 91.0 Å². The van der Waals surface area contributed by atoms with E-state index in [9.17, 15) is 14.4 Å². The Bertz CT molecular complexity index is 1260. The number of ether oxygens (including phenoxy) is 1. The van der Waals surface area contributed by atoms with Crippen molar-refractivity contribution in [3.8, 4) is 16.9 Å². The van der Waals surface area contributed by atoms with Gasteiger partial charge in [0, 0.05) is 5.56 Å². The summed E-state index contributed by atoms with van der Waals surface area (Å²) in [4.78, 5) is 40.1. The molecular formula is C28H21NO4. The van der Waals surface area contributed by atoms with Gasteiger partial charge in [-0.3, -0.25) is 14.5 Å². The van der Waals surface area contributed by atoms with E-state index in [2.05, 4.69) is 12.2 Å². The Kier molecular flexibility index (Phi) is 4.50. The molecule has 2 fully saturated rings. The number of esters is 1. The number of fused-ring (bicyclic) bond motifs is 5. The molecule has 4 atom stereocenters. The highest BCUT2D eigenvalue weighted by molar-refractivity contribution is 6.22. The summed E-state index contributed by atoms with van der Waals surface area (Å²) < 4.78 is 5.70. The molecule has 4 unspecified atom stereocenters. The molecule has 0 radical (unpaired) electrons. The Morgan fingerprint density at radius 3 is 2.03 bits per heavy atom. The summed E-state index contributed by atoms with van der Waals surface area (Å²) in [6.45, 7) is 0. The summed E-state index contributed by atoms with van der Waals surface area (Å²) in [6.07, 6.45) is 5.05. The van der Waals surface area contributed by atoms with Gasteiger partial charge in [0.05, 0.1) is 23.1 Å². The first-order valence-electron chi connectivity index (χ1n) is 11.1. The molecule has 5 nitrogen and oxygen atoms in total. The van der Waals surface area contributed by atoms with Crippen molar-refractivity contribution in [2.24, 2.45) is 23.7 Å². The second-order valence-electron chi connectivity index (χ2n) is 8.81. The molecule has 2 aliphatic carbocycles. The molecule has 162 valence electrons. The number of hydrogen-bond donors (Lipinski definition) is 0. The lowest BCUT2D eigenvalue weighted by atomic mass is 9.85. The van der Waals surface area contributed by atoms with Crippen LogP contribution < -0.4 is 9.64 Å². The van der Waals surface area contributed by atoms with Crippen LogP contribution in [0.3, 0.4) is 0 Å². The molecule has 0 N–H and O–H groups in total. The maximum Gasteiger partial charge on any atom is 0.343 e. The lowest BCUT2D eigenvalue weighted by Crippen LogP contribution is -2.32. The summed E-state index contributed by atoms with van der Waals surface area (Å²) in [6, 6.07) is 23.6. The molecule has 5 heteroatoms. The highest BCUT2D eigenvalue weighted by Crippen LogP contribution is 2.53. The van der Waals surface area contributed by atoms with Crippen LogP contribution >= 0.6 is 0 Å². The van der Waals surface area contributed by atoms with E-state index in [1.165, 1.54) is 4.90 Å². The van der Waals surface area contributed by atoms with Crippen LogP contribution in [0.25, 0.3) is 11.1 Å². The van der Waals surface area contributed by atoms with E-state index in [-0.39, 0.29) is 35.5 Å². The average Bonchev–Trinajstić information content (AvgIpc) is 3.54. The zero-order valence-electron chi connectivity index (χ0n) is 17.8. The van der Waals surface area contributed by atoms with Crippen LogP contribution in [0.5, 0.6) is 5.75 Å². The summed E-state index contributed by atoms with van der Waals surface area (Å²) in [5.74, 6) is -0.441. The molecule has 1 saturated heterocycles. The first kappa shape index (κ1) is 19.7. The summed E-state index contributed by atoms with van der Waals surface area (Å²) >= 11 is 0. The van der Waals surface area contributed by atoms with Crippen molar-refractivity contribution in [1.82, 2.24) is 0 Å². The fourth-order valence-corrected chi connectivity index (χ4v) is 5.47. The van der Waals surface area contributed by atoms with Crippen molar-refractivity contribution in [2.75, 3.05) is 4.90 Å². The number of para-hydroxylation sites is 1. The van der Waals surface area contributed by atoms with E-state index >= 15 is 0 Å². The minimum absolute atomic E-state index is 0.131. The number of benzene rings is 3. The smallest absolute Gasteiger partial charge is 0.343 e. The van der Waals surface area contributed by atoms with Crippen LogP contribution in [0, 0.1) is 23.7 Å². The van der Waals surface area contributed by atoms with E-state index in [4.69, 9.17) is 4.74 Å². The zero-order valence-corrected chi connectivity index (χ0v) is 17.8. The van der Waals surface area contributed by atoms with Gasteiger partial charge in [0.15, 0.2) is 0 Å². The lowest BCUT2D eigenvalue weighted by Gasteiger charge is -2.17. The second kappa shape index (κ2) is 7.55. The number of allylic oxidation sites excluding steroid dienone is 2. The number of amides is 2. The molecule has 1 heterocycles. The van der Waals surface area contributed by atoms with E-state index in [1.54, 1.807) is 30.3 Å². The number of nitrogens with zero attached hydrogens (tertiary/aromatic N) is 1. The van der Waals surface area contributed by atoms with Gasteiger partial charge in [-0.1, -0.05) is 60.7 Å². The molecule has 1 saturated carbocycles. The van der Waals surface area contributed by atoms with Gasteiger partial charge in [0.25, 0.3) is 0 Å². The highest BCUT2D eigenvalue weighted by atomic mass is 16.5. The van der Waals surface area contributed by atoms with Crippen molar-refractivity contribution in [3.63, 3.8) is 0 Å². The van der Waals surface area contributed by atoms with E-state index in [0.29, 0.717) is 17.0 Å². The topological polar surface area (TPSA) is 63.7 Å². The van der Waals surface area contributed by atoms with E-state index < -0.39 is 5.97 Å². The fourth-order valence-electron chi connectivity index (χ4n) is 5.47. The lowest BCUT2D eigenvalue weighted by molar-refractivity contribution is -0.123. The van der Waals surface area contributed by atoms with E-state index in [0.717, 1.165) is 17.5 Å². The first-order chi connectivity index (χ1) is 16.1. The summed E-state index contributed by atoms with van der Waals surface area (Å²) in [7, 11) is 0. The molecule has 3 aromatic carbocycles. The monoisotopic (exact) mass is 435 g/mol. The van der Waals surface area contributed by atoms with Gasteiger partial charge >= 0.3 is 5.97 Å². The van der Waals surface area contributed by atoms with Crippen LogP contribution in [-0.4, -0.2) is 17.8 Å². The van der Waals surface area contributed by atoms with Crippen molar-refractivity contribution in [2.45, 2.75) is 6.42 Å². The maximum absolute atomic E-state index is 13.0. The Labute approximate surface area is 191 Å². The summed E-state index contributed by atoms with van der Waals surface area (Å²) in [5, 5.41) is 0. The zero-order chi connectivity index (χ0) is 22.5. The highest BCUT2D eigenvalue weighted by Gasteiger charge is 2.59. The van der Waals surface area contributed by atoms with Gasteiger partial charge in [0.2, 0.25) is 11.8 Å². The fraction of sp³-hybridized carbons (Fsp3) is 0.179. The van der Waals surface area contributed by atoms with Crippen molar-refractivity contribution < 1.29 is 19.1 Å². The molecule has 0 aromatic heterocycles. The van der Waals surface area contributed by atoms with Crippen LogP contribution in [-0.2, 0) is 9.59 Å². The predicted octanol–water partition coefficient (Wildman–Crippen LogP) is 4.88. The second-order valence-corrected chi connectivity index (χ2v) is 8.81. The maximum atomic E-state index is 13.0. The number of carbonyl (C=O) groups excluding carboxylic acids is 3. The normalized spacial score (nSPS) is 24.9. The quantitative estimate of drug-likeness (QED) is 0.254. The number of anilines is 1. The molecule has 6 rings (SSSR count). The van der Waals surface area contributed by atoms with Crippen LogP contribution in [0.1, 0.15) is 16.8 Å². The average molecular weight is 435 g/mol. The molecule has 3 aromatic rings. The van der Waals surface area contributed by atoms with Gasteiger partial charge in [-0.05, 0) is 54.2 Å². The molecule has 2 bridgehead atoms.